The van der Waals surface area contributed by atoms with Crippen LogP contribution in [0.5, 0.6) is 0 Å². The highest BCUT2D eigenvalue weighted by Gasteiger charge is 2.26. The Labute approximate surface area is 121 Å². The largest absolute Gasteiger partial charge is 0.207 e. The van der Waals surface area contributed by atoms with E-state index >= 15 is 0 Å². The molecule has 0 fully saturated rings. The molecular formula is C12H14Br3F. The molecule has 0 aliphatic rings. The first-order chi connectivity index (χ1) is 7.56. The summed E-state index contributed by atoms with van der Waals surface area (Å²) in [6, 6.07) is 4.90. The Morgan fingerprint density at radius 2 is 1.88 bits per heavy atom. The molecule has 0 amide bonds. The van der Waals surface area contributed by atoms with E-state index in [1.807, 2.05) is 6.07 Å². The third-order valence-electron chi connectivity index (χ3n) is 2.90. The SMILES string of the molecule is CCC(CBr)(CBr)Cc1ccc(F)cc1Br. The van der Waals surface area contributed by atoms with Crippen LogP contribution in [0.15, 0.2) is 22.7 Å². The van der Waals surface area contributed by atoms with Gasteiger partial charge in [0, 0.05) is 15.1 Å². The van der Waals surface area contributed by atoms with Crippen LogP contribution in [0, 0.1) is 11.2 Å². The van der Waals surface area contributed by atoms with Gasteiger partial charge in [-0.2, -0.15) is 0 Å². The molecule has 0 aliphatic heterocycles. The highest BCUT2D eigenvalue weighted by atomic mass is 79.9. The van der Waals surface area contributed by atoms with Gasteiger partial charge in [0.25, 0.3) is 0 Å². The van der Waals surface area contributed by atoms with Crippen molar-refractivity contribution in [3.05, 3.63) is 34.1 Å². The standard InChI is InChI=1S/C12H14Br3F/c1-2-12(7-13,8-14)6-9-3-4-10(16)5-11(9)15/h3-5H,2,6-8H2,1H3. The van der Waals surface area contributed by atoms with Crippen molar-refractivity contribution in [3.63, 3.8) is 0 Å². The lowest BCUT2D eigenvalue weighted by molar-refractivity contribution is 0.373. The Bertz CT molecular complexity index is 340. The molecule has 16 heavy (non-hydrogen) atoms. The van der Waals surface area contributed by atoms with E-state index in [2.05, 4.69) is 54.7 Å². The zero-order valence-electron chi connectivity index (χ0n) is 9.07. The minimum atomic E-state index is -0.199. The van der Waals surface area contributed by atoms with Gasteiger partial charge in [-0.3, -0.25) is 0 Å². The van der Waals surface area contributed by atoms with Gasteiger partial charge in [-0.25, -0.2) is 4.39 Å². The topological polar surface area (TPSA) is 0 Å². The second-order valence-corrected chi connectivity index (χ2v) is 6.01. The van der Waals surface area contributed by atoms with Gasteiger partial charge in [0.2, 0.25) is 0 Å². The average molecular weight is 417 g/mol. The van der Waals surface area contributed by atoms with Crippen LogP contribution >= 0.6 is 47.8 Å². The maximum Gasteiger partial charge on any atom is 0.124 e. The van der Waals surface area contributed by atoms with Crippen LogP contribution < -0.4 is 0 Å². The molecule has 0 unspecified atom stereocenters. The summed E-state index contributed by atoms with van der Waals surface area (Å²) in [5.74, 6) is -0.199. The molecule has 0 spiro atoms. The molecule has 0 radical (unpaired) electrons. The first kappa shape index (κ1) is 14.7. The summed E-state index contributed by atoms with van der Waals surface area (Å²) in [7, 11) is 0. The molecule has 0 nitrogen and oxygen atoms in total. The molecule has 0 saturated carbocycles. The van der Waals surface area contributed by atoms with Gasteiger partial charge in [0.05, 0.1) is 0 Å². The number of hydrogen-bond acceptors (Lipinski definition) is 0. The van der Waals surface area contributed by atoms with Crippen LogP contribution in [0.3, 0.4) is 0 Å². The summed E-state index contributed by atoms with van der Waals surface area (Å²) < 4.78 is 13.8. The molecule has 90 valence electrons. The number of hydrogen-bond donors (Lipinski definition) is 0. The summed E-state index contributed by atoms with van der Waals surface area (Å²) in [5.41, 5.74) is 1.35. The van der Waals surface area contributed by atoms with Crippen LogP contribution in [0.25, 0.3) is 0 Å². The van der Waals surface area contributed by atoms with E-state index in [9.17, 15) is 4.39 Å². The summed E-state index contributed by atoms with van der Waals surface area (Å²) in [6.45, 7) is 2.18. The van der Waals surface area contributed by atoms with Crippen LogP contribution in [-0.2, 0) is 6.42 Å². The first-order valence-electron chi connectivity index (χ1n) is 5.13. The van der Waals surface area contributed by atoms with Gasteiger partial charge >= 0.3 is 0 Å². The van der Waals surface area contributed by atoms with Crippen molar-refractivity contribution in [1.29, 1.82) is 0 Å². The highest BCUT2D eigenvalue weighted by molar-refractivity contribution is 9.10. The van der Waals surface area contributed by atoms with Gasteiger partial charge in [-0.1, -0.05) is 60.8 Å². The summed E-state index contributed by atoms with van der Waals surface area (Å²) in [6.07, 6.45) is 2.01. The Morgan fingerprint density at radius 3 is 2.31 bits per heavy atom. The number of halogens is 4. The van der Waals surface area contributed by atoms with Gasteiger partial charge in [0.1, 0.15) is 5.82 Å². The Hall–Kier alpha value is 0.590. The van der Waals surface area contributed by atoms with E-state index in [-0.39, 0.29) is 11.2 Å². The minimum absolute atomic E-state index is 0.195. The molecular weight excluding hydrogens is 403 g/mol. The molecule has 0 atom stereocenters. The zero-order chi connectivity index (χ0) is 12.2. The molecule has 1 aromatic carbocycles. The Balaban J connectivity index is 2.93. The van der Waals surface area contributed by atoms with Crippen molar-refractivity contribution in [1.82, 2.24) is 0 Å². The maximum atomic E-state index is 13.0. The van der Waals surface area contributed by atoms with Gasteiger partial charge in [0.15, 0.2) is 0 Å². The maximum absolute atomic E-state index is 13.0. The number of benzene rings is 1. The Morgan fingerprint density at radius 1 is 1.25 bits per heavy atom. The van der Waals surface area contributed by atoms with E-state index in [1.165, 1.54) is 12.1 Å². The fraction of sp³-hybridized carbons (Fsp3) is 0.500. The van der Waals surface area contributed by atoms with E-state index in [0.29, 0.717) is 0 Å². The first-order valence-corrected chi connectivity index (χ1v) is 8.16. The molecule has 4 heteroatoms. The van der Waals surface area contributed by atoms with Crippen LogP contribution in [0.1, 0.15) is 18.9 Å². The highest BCUT2D eigenvalue weighted by Crippen LogP contribution is 2.34. The predicted octanol–water partition coefficient (Wildman–Crippen LogP) is 5.32. The molecule has 1 rings (SSSR count). The summed E-state index contributed by atoms with van der Waals surface area (Å²) in [5, 5.41) is 1.87. The van der Waals surface area contributed by atoms with Gasteiger partial charge < -0.3 is 0 Å². The van der Waals surface area contributed by atoms with E-state index in [4.69, 9.17) is 0 Å². The lowest BCUT2D eigenvalue weighted by Crippen LogP contribution is -2.26. The van der Waals surface area contributed by atoms with Crippen LogP contribution in [-0.4, -0.2) is 10.7 Å². The Kier molecular flexibility index (Phi) is 5.95. The van der Waals surface area contributed by atoms with Crippen molar-refractivity contribution in [2.24, 2.45) is 5.41 Å². The fourth-order valence-corrected chi connectivity index (χ4v) is 4.12. The molecule has 0 aliphatic carbocycles. The monoisotopic (exact) mass is 414 g/mol. The quantitative estimate of drug-likeness (QED) is 0.570. The van der Waals surface area contributed by atoms with Gasteiger partial charge in [-0.15, -0.1) is 0 Å². The third-order valence-corrected chi connectivity index (χ3v) is 6.01. The third kappa shape index (κ3) is 3.54. The molecule has 0 bridgehead atoms. The van der Waals surface area contributed by atoms with Crippen molar-refractivity contribution in [2.75, 3.05) is 10.7 Å². The zero-order valence-corrected chi connectivity index (χ0v) is 13.8. The second kappa shape index (κ2) is 6.50. The molecule has 0 saturated heterocycles. The van der Waals surface area contributed by atoms with Crippen molar-refractivity contribution in [3.8, 4) is 0 Å². The van der Waals surface area contributed by atoms with Crippen molar-refractivity contribution >= 4 is 47.8 Å². The normalized spacial score (nSPS) is 11.8. The summed E-state index contributed by atoms with van der Waals surface area (Å²) >= 11 is 10.6. The molecule has 1 aromatic rings. The van der Waals surface area contributed by atoms with Crippen molar-refractivity contribution < 1.29 is 4.39 Å². The fourth-order valence-electron chi connectivity index (χ4n) is 1.51. The van der Waals surface area contributed by atoms with Crippen LogP contribution in [0.2, 0.25) is 0 Å². The smallest absolute Gasteiger partial charge is 0.124 e. The van der Waals surface area contributed by atoms with Crippen molar-refractivity contribution in [2.45, 2.75) is 19.8 Å². The minimum Gasteiger partial charge on any atom is -0.207 e. The second-order valence-electron chi connectivity index (χ2n) is 4.03. The van der Waals surface area contributed by atoms with E-state index in [0.717, 1.165) is 33.5 Å². The van der Waals surface area contributed by atoms with Gasteiger partial charge in [-0.05, 0) is 36.0 Å². The van der Waals surface area contributed by atoms with E-state index in [1.54, 1.807) is 0 Å². The number of alkyl halides is 2. The average Bonchev–Trinajstić information content (AvgIpc) is 2.29. The predicted molar refractivity (Wildman–Crippen MR) is 78.1 cm³/mol. The summed E-state index contributed by atoms with van der Waals surface area (Å²) in [4.78, 5) is 0. The van der Waals surface area contributed by atoms with Crippen LogP contribution in [0.4, 0.5) is 4.39 Å². The number of rotatable bonds is 5. The molecule has 0 heterocycles. The lowest BCUT2D eigenvalue weighted by Gasteiger charge is -2.29. The molecule has 0 N–H and O–H groups in total. The lowest BCUT2D eigenvalue weighted by atomic mass is 9.83. The van der Waals surface area contributed by atoms with E-state index < -0.39 is 0 Å². The molecule has 0 aromatic heterocycles.